The Hall–Kier alpha value is -1.23. The number of halogens is 1. The number of anilines is 1. The number of guanidine groups is 1. The zero-order valence-corrected chi connectivity index (χ0v) is 14.5. The van der Waals surface area contributed by atoms with Crippen LogP contribution >= 0.6 is 15.9 Å². The number of hydrogen-bond donors (Lipinski definition) is 2. The molecule has 4 nitrogen and oxygen atoms in total. The van der Waals surface area contributed by atoms with Gasteiger partial charge in [0.05, 0.1) is 0 Å². The predicted molar refractivity (Wildman–Crippen MR) is 94.2 cm³/mol. The first-order chi connectivity index (χ1) is 10.2. The van der Waals surface area contributed by atoms with Gasteiger partial charge in [0.1, 0.15) is 0 Å². The van der Waals surface area contributed by atoms with E-state index in [1.165, 1.54) is 18.5 Å². The van der Waals surface area contributed by atoms with E-state index in [9.17, 15) is 0 Å². The maximum absolute atomic E-state index is 4.30. The Kier molecular flexibility index (Phi) is 6.36. The summed E-state index contributed by atoms with van der Waals surface area (Å²) in [6, 6.07) is 8.99. The summed E-state index contributed by atoms with van der Waals surface area (Å²) in [5.74, 6) is 0.922. The summed E-state index contributed by atoms with van der Waals surface area (Å²) in [7, 11) is 1.84. The summed E-state index contributed by atoms with van der Waals surface area (Å²) in [6.07, 6.45) is 3.52. The molecule has 1 aromatic carbocycles. The van der Waals surface area contributed by atoms with Crippen LogP contribution < -0.4 is 15.5 Å². The zero-order chi connectivity index (χ0) is 15.1. The molecule has 1 saturated heterocycles. The molecule has 0 aromatic heterocycles. The lowest BCUT2D eigenvalue weighted by atomic mass is 10.2. The molecule has 0 radical (unpaired) electrons. The van der Waals surface area contributed by atoms with E-state index in [-0.39, 0.29) is 0 Å². The molecule has 1 heterocycles. The van der Waals surface area contributed by atoms with Gasteiger partial charge in [-0.15, -0.1) is 0 Å². The van der Waals surface area contributed by atoms with E-state index in [1.54, 1.807) is 0 Å². The molecule has 116 valence electrons. The van der Waals surface area contributed by atoms with E-state index >= 15 is 0 Å². The number of benzene rings is 1. The average Bonchev–Trinajstić information content (AvgIpc) is 2.95. The second kappa shape index (κ2) is 8.27. The second-order valence-electron chi connectivity index (χ2n) is 5.40. The Balaban J connectivity index is 1.83. The monoisotopic (exact) mass is 352 g/mol. The van der Waals surface area contributed by atoms with Crippen LogP contribution in [0.15, 0.2) is 33.7 Å². The number of hydrogen-bond acceptors (Lipinski definition) is 2. The Bertz CT molecular complexity index is 458. The van der Waals surface area contributed by atoms with Crippen LogP contribution in [0, 0.1) is 0 Å². The molecule has 1 aliphatic heterocycles. The van der Waals surface area contributed by atoms with Crippen LogP contribution in [0.4, 0.5) is 5.69 Å². The smallest absolute Gasteiger partial charge is 0.191 e. The number of nitrogens with one attached hydrogen (secondary N) is 2. The second-order valence-corrected chi connectivity index (χ2v) is 6.32. The van der Waals surface area contributed by atoms with Crippen molar-refractivity contribution in [2.45, 2.75) is 32.2 Å². The SMILES string of the molecule is CCCCNC(=NC)NC1CCN(c2ccc(Br)cc2)C1. The van der Waals surface area contributed by atoms with Crippen LogP contribution in [0.25, 0.3) is 0 Å². The quantitative estimate of drug-likeness (QED) is 0.486. The zero-order valence-electron chi connectivity index (χ0n) is 12.9. The molecular weight excluding hydrogens is 328 g/mol. The summed E-state index contributed by atoms with van der Waals surface area (Å²) >= 11 is 3.48. The van der Waals surface area contributed by atoms with Gasteiger partial charge in [0.2, 0.25) is 0 Å². The molecule has 1 unspecified atom stereocenters. The van der Waals surface area contributed by atoms with Crippen LogP contribution in [-0.2, 0) is 0 Å². The molecule has 1 aliphatic rings. The molecule has 0 amide bonds. The first-order valence-corrected chi connectivity index (χ1v) is 8.50. The summed E-state index contributed by atoms with van der Waals surface area (Å²) in [4.78, 5) is 6.72. The van der Waals surface area contributed by atoms with Gasteiger partial charge in [-0.3, -0.25) is 4.99 Å². The number of nitrogens with zero attached hydrogens (tertiary/aromatic N) is 2. The summed E-state index contributed by atoms with van der Waals surface area (Å²) in [5, 5.41) is 6.90. The van der Waals surface area contributed by atoms with Gasteiger partial charge in [0, 0.05) is 42.9 Å². The lowest BCUT2D eigenvalue weighted by Gasteiger charge is -2.20. The lowest BCUT2D eigenvalue weighted by Crippen LogP contribution is -2.44. The van der Waals surface area contributed by atoms with Gasteiger partial charge in [-0.1, -0.05) is 29.3 Å². The molecule has 2 N–H and O–H groups in total. The fraction of sp³-hybridized carbons (Fsp3) is 0.562. The summed E-state index contributed by atoms with van der Waals surface area (Å²) < 4.78 is 1.13. The Morgan fingerprint density at radius 1 is 1.38 bits per heavy atom. The topological polar surface area (TPSA) is 39.7 Å². The molecule has 1 aromatic rings. The van der Waals surface area contributed by atoms with Crippen molar-refractivity contribution in [3.63, 3.8) is 0 Å². The van der Waals surface area contributed by atoms with Crippen LogP contribution in [0.5, 0.6) is 0 Å². The van der Waals surface area contributed by atoms with Crippen LogP contribution in [0.2, 0.25) is 0 Å². The maximum atomic E-state index is 4.30. The first kappa shape index (κ1) is 16.1. The third-order valence-electron chi connectivity index (χ3n) is 3.77. The van der Waals surface area contributed by atoms with Gasteiger partial charge in [-0.25, -0.2) is 0 Å². The van der Waals surface area contributed by atoms with E-state index in [4.69, 9.17) is 0 Å². The van der Waals surface area contributed by atoms with E-state index in [0.29, 0.717) is 6.04 Å². The standard InChI is InChI=1S/C16H25BrN4/c1-3-4-10-19-16(18-2)20-14-9-11-21(12-14)15-7-5-13(17)6-8-15/h5-8,14H,3-4,9-12H2,1-2H3,(H2,18,19,20). The highest BCUT2D eigenvalue weighted by molar-refractivity contribution is 9.10. The third-order valence-corrected chi connectivity index (χ3v) is 4.30. The average molecular weight is 353 g/mol. The molecule has 1 fully saturated rings. The van der Waals surface area contributed by atoms with Crippen molar-refractivity contribution in [3.8, 4) is 0 Å². The van der Waals surface area contributed by atoms with Gasteiger partial charge in [0.15, 0.2) is 5.96 Å². The van der Waals surface area contributed by atoms with Crippen LogP contribution in [-0.4, -0.2) is 38.7 Å². The molecule has 0 spiro atoms. The number of aliphatic imine (C=N–C) groups is 1. The van der Waals surface area contributed by atoms with Crippen molar-refractivity contribution < 1.29 is 0 Å². The minimum atomic E-state index is 0.460. The molecule has 21 heavy (non-hydrogen) atoms. The number of rotatable bonds is 5. The summed E-state index contributed by atoms with van der Waals surface area (Å²) in [6.45, 7) is 5.30. The molecule has 0 aliphatic carbocycles. The lowest BCUT2D eigenvalue weighted by molar-refractivity contribution is 0.641. The van der Waals surface area contributed by atoms with E-state index in [2.05, 4.69) is 67.6 Å². The van der Waals surface area contributed by atoms with Gasteiger partial charge in [0.25, 0.3) is 0 Å². The summed E-state index contributed by atoms with van der Waals surface area (Å²) in [5.41, 5.74) is 1.29. The van der Waals surface area contributed by atoms with E-state index in [1.807, 2.05) is 7.05 Å². The normalized spacial score (nSPS) is 18.9. The Morgan fingerprint density at radius 2 is 2.14 bits per heavy atom. The molecular formula is C16H25BrN4. The van der Waals surface area contributed by atoms with E-state index < -0.39 is 0 Å². The highest BCUT2D eigenvalue weighted by atomic mass is 79.9. The van der Waals surface area contributed by atoms with Crippen molar-refractivity contribution >= 4 is 27.6 Å². The van der Waals surface area contributed by atoms with Crippen molar-refractivity contribution in [3.05, 3.63) is 28.7 Å². The van der Waals surface area contributed by atoms with Gasteiger partial charge < -0.3 is 15.5 Å². The largest absolute Gasteiger partial charge is 0.369 e. The predicted octanol–water partition coefficient (Wildman–Crippen LogP) is 2.99. The highest BCUT2D eigenvalue weighted by Crippen LogP contribution is 2.22. The molecule has 1 atom stereocenters. The van der Waals surface area contributed by atoms with Crippen molar-refractivity contribution in [1.82, 2.24) is 10.6 Å². The Morgan fingerprint density at radius 3 is 2.81 bits per heavy atom. The Labute approximate surface area is 136 Å². The molecule has 2 rings (SSSR count). The molecule has 0 saturated carbocycles. The molecule has 5 heteroatoms. The van der Waals surface area contributed by atoms with Gasteiger partial charge in [-0.05, 0) is 37.1 Å². The third kappa shape index (κ3) is 4.92. The van der Waals surface area contributed by atoms with E-state index in [0.717, 1.165) is 36.5 Å². The first-order valence-electron chi connectivity index (χ1n) is 7.70. The minimum Gasteiger partial charge on any atom is -0.369 e. The fourth-order valence-corrected chi connectivity index (χ4v) is 2.80. The van der Waals surface area contributed by atoms with Crippen molar-refractivity contribution in [1.29, 1.82) is 0 Å². The molecule has 0 bridgehead atoms. The van der Waals surface area contributed by atoms with Gasteiger partial charge >= 0.3 is 0 Å². The minimum absolute atomic E-state index is 0.460. The fourth-order valence-electron chi connectivity index (χ4n) is 2.54. The van der Waals surface area contributed by atoms with Crippen LogP contribution in [0.1, 0.15) is 26.2 Å². The van der Waals surface area contributed by atoms with Crippen molar-refractivity contribution in [2.75, 3.05) is 31.6 Å². The van der Waals surface area contributed by atoms with Gasteiger partial charge in [-0.2, -0.15) is 0 Å². The maximum Gasteiger partial charge on any atom is 0.191 e. The van der Waals surface area contributed by atoms with Crippen molar-refractivity contribution in [2.24, 2.45) is 4.99 Å². The van der Waals surface area contributed by atoms with Crippen LogP contribution in [0.3, 0.4) is 0 Å². The number of unbranched alkanes of at least 4 members (excludes halogenated alkanes) is 1. The highest BCUT2D eigenvalue weighted by Gasteiger charge is 2.23.